The van der Waals surface area contributed by atoms with Gasteiger partial charge in [-0.25, -0.2) is 0 Å². The van der Waals surface area contributed by atoms with E-state index < -0.39 is 0 Å². The minimum atomic E-state index is -0.0617. The molecule has 0 bridgehead atoms. The van der Waals surface area contributed by atoms with Gasteiger partial charge in [0.1, 0.15) is 0 Å². The van der Waals surface area contributed by atoms with Gasteiger partial charge in [0.25, 0.3) is 0 Å². The molecule has 0 amide bonds. The molecule has 0 aromatic heterocycles. The first-order valence-corrected chi connectivity index (χ1v) is 6.69. The summed E-state index contributed by atoms with van der Waals surface area (Å²) in [4.78, 5) is 2.63. The van der Waals surface area contributed by atoms with Crippen LogP contribution in [0, 0.1) is 0 Å². The molecule has 2 nitrogen and oxygen atoms in total. The van der Waals surface area contributed by atoms with Crippen LogP contribution in [0.5, 0.6) is 0 Å². The number of hydrogen-bond donors (Lipinski definition) is 1. The van der Waals surface area contributed by atoms with Gasteiger partial charge in [0, 0.05) is 18.1 Å². The monoisotopic (exact) mass is 211 g/mol. The van der Waals surface area contributed by atoms with Crippen molar-refractivity contribution in [2.24, 2.45) is 0 Å². The Hall–Kier alpha value is -0.0800. The van der Waals surface area contributed by atoms with Gasteiger partial charge in [0.15, 0.2) is 0 Å². The van der Waals surface area contributed by atoms with Crippen molar-refractivity contribution < 1.29 is 5.11 Å². The first-order chi connectivity index (χ1) is 7.24. The number of hydrogen-bond acceptors (Lipinski definition) is 2. The lowest BCUT2D eigenvalue weighted by molar-refractivity contribution is -0.00301. The zero-order valence-electron chi connectivity index (χ0n) is 10.2. The van der Waals surface area contributed by atoms with Gasteiger partial charge >= 0.3 is 0 Å². The van der Waals surface area contributed by atoms with Gasteiger partial charge in [0.2, 0.25) is 0 Å². The maximum atomic E-state index is 10.1. The van der Waals surface area contributed by atoms with Crippen molar-refractivity contribution >= 4 is 0 Å². The summed E-state index contributed by atoms with van der Waals surface area (Å²) in [5.41, 5.74) is 0. The van der Waals surface area contributed by atoms with Crippen LogP contribution in [0.3, 0.4) is 0 Å². The Balaban J connectivity index is 2.05. The fourth-order valence-electron chi connectivity index (χ4n) is 3.54. The summed E-state index contributed by atoms with van der Waals surface area (Å²) in [6.07, 6.45) is 8.59. The largest absolute Gasteiger partial charge is 0.391 e. The lowest BCUT2D eigenvalue weighted by Gasteiger charge is -2.41. The summed E-state index contributed by atoms with van der Waals surface area (Å²) in [5, 5.41) is 10.1. The van der Waals surface area contributed by atoms with E-state index in [9.17, 15) is 5.11 Å². The second-order valence-electron chi connectivity index (χ2n) is 5.35. The molecule has 0 aromatic rings. The lowest BCUT2D eigenvalue weighted by atomic mass is 9.90. The molecule has 2 aliphatic rings. The molecule has 0 radical (unpaired) electrons. The smallest absolute Gasteiger partial charge is 0.0695 e. The van der Waals surface area contributed by atoms with Crippen LogP contribution in [-0.4, -0.2) is 34.2 Å². The van der Waals surface area contributed by atoms with Crippen LogP contribution in [-0.2, 0) is 0 Å². The molecule has 1 saturated heterocycles. The van der Waals surface area contributed by atoms with E-state index in [1.54, 1.807) is 0 Å². The summed E-state index contributed by atoms with van der Waals surface area (Å²) in [5.74, 6) is 0. The van der Waals surface area contributed by atoms with Crippen LogP contribution >= 0.6 is 0 Å². The molecule has 1 aliphatic carbocycles. The average Bonchev–Trinajstić information content (AvgIpc) is 2.60. The predicted molar refractivity (Wildman–Crippen MR) is 62.9 cm³/mol. The van der Waals surface area contributed by atoms with Gasteiger partial charge in [-0.3, -0.25) is 4.90 Å². The minimum absolute atomic E-state index is 0.0617. The zero-order chi connectivity index (χ0) is 10.8. The molecule has 0 aromatic carbocycles. The lowest BCUT2D eigenvalue weighted by Crippen LogP contribution is -2.50. The second kappa shape index (κ2) is 4.84. The van der Waals surface area contributed by atoms with Crippen molar-refractivity contribution in [3.05, 3.63) is 0 Å². The van der Waals surface area contributed by atoms with Crippen molar-refractivity contribution in [1.82, 2.24) is 4.90 Å². The quantitative estimate of drug-likeness (QED) is 0.759. The second-order valence-corrected chi connectivity index (χ2v) is 5.35. The Morgan fingerprint density at radius 1 is 1.13 bits per heavy atom. The summed E-state index contributed by atoms with van der Waals surface area (Å²) in [6.45, 7) is 4.61. The summed E-state index contributed by atoms with van der Waals surface area (Å²) >= 11 is 0. The Labute approximate surface area is 93.7 Å². The fraction of sp³-hybridized carbons (Fsp3) is 1.00. The molecular weight excluding hydrogens is 186 g/mol. The molecule has 1 saturated carbocycles. The Morgan fingerprint density at radius 3 is 2.53 bits per heavy atom. The van der Waals surface area contributed by atoms with Crippen LogP contribution in [0.1, 0.15) is 58.8 Å². The number of rotatable bonds is 2. The first-order valence-electron chi connectivity index (χ1n) is 6.69. The van der Waals surface area contributed by atoms with Crippen molar-refractivity contribution in [2.75, 3.05) is 0 Å². The molecule has 15 heavy (non-hydrogen) atoms. The maximum Gasteiger partial charge on any atom is 0.0695 e. The van der Waals surface area contributed by atoms with E-state index >= 15 is 0 Å². The van der Waals surface area contributed by atoms with Gasteiger partial charge in [-0.15, -0.1) is 0 Å². The van der Waals surface area contributed by atoms with Crippen LogP contribution in [0.25, 0.3) is 0 Å². The zero-order valence-corrected chi connectivity index (χ0v) is 10.2. The van der Waals surface area contributed by atoms with Gasteiger partial charge in [-0.2, -0.15) is 0 Å². The summed E-state index contributed by atoms with van der Waals surface area (Å²) in [6, 6.07) is 1.88. The highest BCUT2D eigenvalue weighted by atomic mass is 16.3. The number of likely N-dealkylation sites (tertiary alicyclic amines) is 1. The molecule has 88 valence electrons. The van der Waals surface area contributed by atoms with Crippen molar-refractivity contribution in [3.63, 3.8) is 0 Å². The number of aliphatic hydroxyl groups excluding tert-OH is 1. The van der Waals surface area contributed by atoms with Crippen molar-refractivity contribution in [3.8, 4) is 0 Å². The normalized spacial score (nSPS) is 43.4. The van der Waals surface area contributed by atoms with Crippen LogP contribution in [0.15, 0.2) is 0 Å². The van der Waals surface area contributed by atoms with E-state index in [2.05, 4.69) is 18.7 Å². The highest BCUT2D eigenvalue weighted by molar-refractivity contribution is 4.93. The standard InChI is InChI=1S/C13H25NO/c1-3-11-9-8-10(2)14(11)12-6-4-5-7-13(12)15/h10-13,15H,3-9H2,1-2H3/t10?,11?,12-,13-/m0/s1. The van der Waals surface area contributed by atoms with E-state index in [4.69, 9.17) is 0 Å². The third kappa shape index (κ3) is 2.21. The van der Waals surface area contributed by atoms with Crippen molar-refractivity contribution in [1.29, 1.82) is 0 Å². The van der Waals surface area contributed by atoms with E-state index in [-0.39, 0.29) is 6.10 Å². The third-order valence-corrected chi connectivity index (χ3v) is 4.40. The minimum Gasteiger partial charge on any atom is -0.391 e. The predicted octanol–water partition coefficient (Wildman–Crippen LogP) is 2.55. The molecule has 2 heteroatoms. The van der Waals surface area contributed by atoms with Crippen LogP contribution in [0.2, 0.25) is 0 Å². The Morgan fingerprint density at radius 2 is 1.87 bits per heavy atom. The SMILES string of the molecule is CCC1CCC(C)N1[C@H]1CCCC[C@@H]1O. The average molecular weight is 211 g/mol. The Bertz CT molecular complexity index is 207. The molecule has 2 fully saturated rings. The number of nitrogens with zero attached hydrogens (tertiary/aromatic N) is 1. The van der Waals surface area contributed by atoms with E-state index in [1.807, 2.05) is 0 Å². The van der Waals surface area contributed by atoms with Gasteiger partial charge in [-0.05, 0) is 39.0 Å². The highest BCUT2D eigenvalue weighted by Gasteiger charge is 2.38. The van der Waals surface area contributed by atoms with Gasteiger partial charge < -0.3 is 5.11 Å². The fourth-order valence-corrected chi connectivity index (χ4v) is 3.54. The first kappa shape index (κ1) is 11.4. The molecule has 1 aliphatic heterocycles. The maximum absolute atomic E-state index is 10.1. The van der Waals surface area contributed by atoms with E-state index in [0.29, 0.717) is 12.1 Å². The molecule has 2 rings (SSSR count). The topological polar surface area (TPSA) is 23.5 Å². The van der Waals surface area contributed by atoms with Crippen molar-refractivity contribution in [2.45, 2.75) is 83.0 Å². The summed E-state index contributed by atoms with van der Waals surface area (Å²) in [7, 11) is 0. The molecule has 1 N–H and O–H groups in total. The summed E-state index contributed by atoms with van der Waals surface area (Å²) < 4.78 is 0. The highest BCUT2D eigenvalue weighted by Crippen LogP contribution is 2.34. The van der Waals surface area contributed by atoms with E-state index in [0.717, 1.165) is 12.5 Å². The van der Waals surface area contributed by atoms with E-state index in [1.165, 1.54) is 38.5 Å². The Kier molecular flexibility index (Phi) is 3.68. The van der Waals surface area contributed by atoms with Gasteiger partial charge in [-0.1, -0.05) is 19.8 Å². The molecular formula is C13H25NO. The van der Waals surface area contributed by atoms with Crippen LogP contribution in [0.4, 0.5) is 0 Å². The molecule has 0 spiro atoms. The number of aliphatic hydroxyl groups is 1. The molecule has 4 atom stereocenters. The molecule has 2 unspecified atom stereocenters. The van der Waals surface area contributed by atoms with Gasteiger partial charge in [0.05, 0.1) is 6.10 Å². The third-order valence-electron chi connectivity index (χ3n) is 4.40. The van der Waals surface area contributed by atoms with Crippen LogP contribution < -0.4 is 0 Å². The molecule has 1 heterocycles.